The molecule has 3 nitrogen and oxygen atoms in total. The van der Waals surface area contributed by atoms with Gasteiger partial charge in [-0.3, -0.25) is 0 Å². The highest BCUT2D eigenvalue weighted by Gasteiger charge is 2.20. The van der Waals surface area contributed by atoms with Crippen molar-refractivity contribution in [3.63, 3.8) is 0 Å². The molecule has 0 saturated carbocycles. The van der Waals surface area contributed by atoms with Crippen molar-refractivity contribution in [2.75, 3.05) is 20.6 Å². The van der Waals surface area contributed by atoms with E-state index in [1.54, 1.807) is 0 Å². The molecule has 0 amide bonds. The summed E-state index contributed by atoms with van der Waals surface area (Å²) in [6, 6.07) is 2.09. The van der Waals surface area contributed by atoms with Gasteiger partial charge in [0.05, 0.1) is 6.10 Å². The maximum Gasteiger partial charge on any atom is 0.0807 e. The minimum atomic E-state index is -0.223. The Morgan fingerprint density at radius 3 is 3.06 bits per heavy atom. The number of aliphatic hydroxyl groups excluding tert-OH is 1. The summed E-state index contributed by atoms with van der Waals surface area (Å²) in [7, 11) is 4.21. The maximum absolute atomic E-state index is 9.87. The van der Waals surface area contributed by atoms with E-state index in [0.29, 0.717) is 0 Å². The van der Waals surface area contributed by atoms with Crippen molar-refractivity contribution >= 4 is 0 Å². The molecular formula is C13H22N2O. The van der Waals surface area contributed by atoms with Crippen LogP contribution in [-0.4, -0.2) is 35.2 Å². The summed E-state index contributed by atoms with van der Waals surface area (Å²) in [4.78, 5) is 2.21. The lowest BCUT2D eigenvalue weighted by Crippen LogP contribution is -2.17. The molecule has 1 unspecified atom stereocenters. The Hall–Kier alpha value is -0.800. The molecule has 2 rings (SSSR count). The second kappa shape index (κ2) is 5.02. The zero-order valence-electron chi connectivity index (χ0n) is 10.3. The molecule has 90 valence electrons. The van der Waals surface area contributed by atoms with Gasteiger partial charge >= 0.3 is 0 Å². The van der Waals surface area contributed by atoms with Gasteiger partial charge in [-0.25, -0.2) is 0 Å². The Morgan fingerprint density at radius 1 is 1.50 bits per heavy atom. The van der Waals surface area contributed by atoms with E-state index in [1.165, 1.54) is 12.1 Å². The van der Waals surface area contributed by atoms with Crippen LogP contribution in [0.15, 0.2) is 12.3 Å². The van der Waals surface area contributed by atoms with Gasteiger partial charge < -0.3 is 14.6 Å². The minimum absolute atomic E-state index is 0.223. The molecule has 0 bridgehead atoms. The molecule has 0 radical (unpaired) electrons. The minimum Gasteiger partial charge on any atom is -0.388 e. The van der Waals surface area contributed by atoms with Crippen molar-refractivity contribution in [1.82, 2.24) is 9.47 Å². The van der Waals surface area contributed by atoms with Crippen LogP contribution in [0.1, 0.15) is 36.6 Å². The van der Waals surface area contributed by atoms with Crippen LogP contribution in [0.3, 0.4) is 0 Å². The van der Waals surface area contributed by atoms with Gasteiger partial charge in [0.15, 0.2) is 0 Å². The molecular weight excluding hydrogens is 200 g/mol. The second-order valence-corrected chi connectivity index (χ2v) is 4.98. The molecule has 1 aliphatic carbocycles. The molecule has 0 aliphatic heterocycles. The van der Waals surface area contributed by atoms with Gasteiger partial charge in [0, 0.05) is 24.0 Å². The van der Waals surface area contributed by atoms with Gasteiger partial charge in [0.2, 0.25) is 0 Å². The molecule has 1 N–H and O–H groups in total. The predicted octanol–water partition coefficient (Wildman–Crippen LogP) is 1.81. The van der Waals surface area contributed by atoms with Crippen LogP contribution >= 0.6 is 0 Å². The number of aromatic nitrogens is 1. The molecule has 1 aromatic heterocycles. The summed E-state index contributed by atoms with van der Waals surface area (Å²) in [6.45, 7) is 2.19. The van der Waals surface area contributed by atoms with Crippen LogP contribution < -0.4 is 0 Å². The van der Waals surface area contributed by atoms with Crippen molar-refractivity contribution < 1.29 is 5.11 Å². The lowest BCUT2D eigenvalue weighted by Gasteiger charge is -2.20. The zero-order valence-corrected chi connectivity index (χ0v) is 10.3. The number of hydrogen-bond acceptors (Lipinski definition) is 2. The average molecular weight is 222 g/mol. The molecule has 0 saturated heterocycles. The van der Waals surface area contributed by atoms with Crippen molar-refractivity contribution in [2.24, 2.45) is 0 Å². The first-order chi connectivity index (χ1) is 7.68. The Bertz CT molecular complexity index is 344. The number of fused-ring (bicyclic) bond motifs is 1. The van der Waals surface area contributed by atoms with E-state index < -0.39 is 0 Å². The van der Waals surface area contributed by atoms with E-state index >= 15 is 0 Å². The SMILES string of the molecule is CN(C)CCCn1ccc2c1CCCC2O. The van der Waals surface area contributed by atoms with Gasteiger partial charge in [-0.2, -0.15) is 0 Å². The molecule has 1 aliphatic rings. The van der Waals surface area contributed by atoms with Crippen molar-refractivity contribution in [3.8, 4) is 0 Å². The fraction of sp³-hybridized carbons (Fsp3) is 0.692. The van der Waals surface area contributed by atoms with E-state index in [2.05, 4.69) is 35.8 Å². The quantitative estimate of drug-likeness (QED) is 0.841. The standard InChI is InChI=1S/C13H22N2O/c1-14(2)8-4-9-15-10-7-11-12(15)5-3-6-13(11)16/h7,10,13,16H,3-6,8-9H2,1-2H3. The summed E-state index contributed by atoms with van der Waals surface area (Å²) in [5, 5.41) is 9.87. The van der Waals surface area contributed by atoms with Crippen molar-refractivity contribution in [1.29, 1.82) is 0 Å². The molecule has 16 heavy (non-hydrogen) atoms. The second-order valence-electron chi connectivity index (χ2n) is 4.98. The zero-order chi connectivity index (χ0) is 11.5. The Morgan fingerprint density at radius 2 is 2.31 bits per heavy atom. The molecule has 0 fully saturated rings. The van der Waals surface area contributed by atoms with E-state index in [0.717, 1.165) is 37.9 Å². The van der Waals surface area contributed by atoms with Gasteiger partial charge in [-0.05, 0) is 52.4 Å². The van der Waals surface area contributed by atoms with Crippen LogP contribution in [0.5, 0.6) is 0 Å². The van der Waals surface area contributed by atoms with Gasteiger partial charge in [0.25, 0.3) is 0 Å². The summed E-state index contributed by atoms with van der Waals surface area (Å²) < 4.78 is 2.32. The fourth-order valence-electron chi connectivity index (χ4n) is 2.50. The number of rotatable bonds is 4. The van der Waals surface area contributed by atoms with E-state index in [4.69, 9.17) is 0 Å². The highest BCUT2D eigenvalue weighted by molar-refractivity contribution is 5.27. The third kappa shape index (κ3) is 2.47. The number of hydrogen-bond donors (Lipinski definition) is 1. The molecule has 1 heterocycles. The topological polar surface area (TPSA) is 28.4 Å². The van der Waals surface area contributed by atoms with Crippen LogP contribution in [0.25, 0.3) is 0 Å². The van der Waals surface area contributed by atoms with Crippen LogP contribution in [0.4, 0.5) is 0 Å². The Balaban J connectivity index is 2.00. The van der Waals surface area contributed by atoms with Crippen LogP contribution in [0, 0.1) is 0 Å². The average Bonchev–Trinajstić information content (AvgIpc) is 2.63. The van der Waals surface area contributed by atoms with E-state index in [1.807, 2.05) is 0 Å². The maximum atomic E-state index is 9.87. The summed E-state index contributed by atoms with van der Waals surface area (Å²) in [5.41, 5.74) is 2.52. The smallest absolute Gasteiger partial charge is 0.0807 e. The van der Waals surface area contributed by atoms with Crippen LogP contribution in [0.2, 0.25) is 0 Å². The first kappa shape index (κ1) is 11.7. The first-order valence-corrected chi connectivity index (χ1v) is 6.19. The third-order valence-corrected chi connectivity index (χ3v) is 3.37. The molecule has 3 heteroatoms. The summed E-state index contributed by atoms with van der Waals surface area (Å²) >= 11 is 0. The summed E-state index contributed by atoms with van der Waals surface area (Å²) in [5.74, 6) is 0. The predicted molar refractivity (Wildman–Crippen MR) is 65.5 cm³/mol. The fourth-order valence-corrected chi connectivity index (χ4v) is 2.50. The Kier molecular flexibility index (Phi) is 3.66. The van der Waals surface area contributed by atoms with Gasteiger partial charge in [0.1, 0.15) is 0 Å². The highest BCUT2D eigenvalue weighted by atomic mass is 16.3. The molecule has 1 atom stereocenters. The third-order valence-electron chi connectivity index (χ3n) is 3.37. The number of aliphatic hydroxyl groups is 1. The van der Waals surface area contributed by atoms with E-state index in [-0.39, 0.29) is 6.10 Å². The van der Waals surface area contributed by atoms with Crippen LogP contribution in [-0.2, 0) is 13.0 Å². The lowest BCUT2D eigenvalue weighted by atomic mass is 9.95. The first-order valence-electron chi connectivity index (χ1n) is 6.19. The highest BCUT2D eigenvalue weighted by Crippen LogP contribution is 2.30. The number of aryl methyl sites for hydroxylation is 1. The van der Waals surface area contributed by atoms with Crippen molar-refractivity contribution in [3.05, 3.63) is 23.5 Å². The summed E-state index contributed by atoms with van der Waals surface area (Å²) in [6.07, 6.45) is 6.25. The molecule has 0 aromatic carbocycles. The molecule has 0 spiro atoms. The van der Waals surface area contributed by atoms with Gasteiger partial charge in [-0.15, -0.1) is 0 Å². The molecule has 1 aromatic rings. The van der Waals surface area contributed by atoms with Gasteiger partial charge in [-0.1, -0.05) is 0 Å². The lowest BCUT2D eigenvalue weighted by molar-refractivity contribution is 0.155. The number of nitrogens with zero attached hydrogens (tertiary/aromatic N) is 2. The normalized spacial score (nSPS) is 20.1. The van der Waals surface area contributed by atoms with E-state index in [9.17, 15) is 5.11 Å². The van der Waals surface area contributed by atoms with Crippen molar-refractivity contribution in [2.45, 2.75) is 38.3 Å². The Labute approximate surface area is 97.7 Å². The largest absolute Gasteiger partial charge is 0.388 e. The monoisotopic (exact) mass is 222 g/mol.